The van der Waals surface area contributed by atoms with Crippen LogP contribution in [-0.2, 0) is 36.8 Å². The number of fused-ring (bicyclic) bond motifs is 1. The number of aromatic nitrogens is 1. The molecular formula is C29H35N5O8. The van der Waals surface area contributed by atoms with E-state index in [1.54, 1.807) is 32.2 Å². The van der Waals surface area contributed by atoms with Gasteiger partial charge in [0, 0.05) is 29.9 Å². The lowest BCUT2D eigenvalue weighted by Crippen LogP contribution is -2.58. The van der Waals surface area contributed by atoms with Gasteiger partial charge in [-0.15, -0.1) is 0 Å². The number of carbonyl (C=O) groups is 5. The van der Waals surface area contributed by atoms with Gasteiger partial charge in [0.05, 0.1) is 12.5 Å². The van der Waals surface area contributed by atoms with Crippen molar-refractivity contribution in [1.82, 2.24) is 20.9 Å². The molecule has 224 valence electrons. The SMILES string of the molecule is CC(C)C(N)C(=O)NC(Cc1ccc(O)cc1)C(=O)NC(CC(=O)O)C(=O)NC(Cc1c[nH]c2ccccc12)C(=O)O. The van der Waals surface area contributed by atoms with Crippen molar-refractivity contribution < 1.29 is 39.3 Å². The zero-order valence-electron chi connectivity index (χ0n) is 23.2. The van der Waals surface area contributed by atoms with E-state index in [0.717, 1.165) is 10.9 Å². The Morgan fingerprint density at radius 2 is 1.40 bits per heavy atom. The van der Waals surface area contributed by atoms with Gasteiger partial charge in [0.15, 0.2) is 0 Å². The number of hydrogen-bond donors (Lipinski definition) is 8. The summed E-state index contributed by atoms with van der Waals surface area (Å²) in [4.78, 5) is 65.9. The van der Waals surface area contributed by atoms with Crippen LogP contribution >= 0.6 is 0 Å². The van der Waals surface area contributed by atoms with Crippen LogP contribution in [0.25, 0.3) is 10.9 Å². The summed E-state index contributed by atoms with van der Waals surface area (Å²) in [5.41, 5.74) is 7.88. The lowest BCUT2D eigenvalue weighted by atomic mass is 10.0. The summed E-state index contributed by atoms with van der Waals surface area (Å²) in [5.74, 6) is -5.56. The van der Waals surface area contributed by atoms with Gasteiger partial charge in [-0.3, -0.25) is 19.2 Å². The van der Waals surface area contributed by atoms with Crippen molar-refractivity contribution in [2.75, 3.05) is 0 Å². The molecule has 0 spiro atoms. The average molecular weight is 582 g/mol. The van der Waals surface area contributed by atoms with Crippen LogP contribution in [0.2, 0.25) is 0 Å². The molecule has 0 saturated heterocycles. The number of carboxylic acid groups (broad SMARTS) is 2. The number of nitrogens with two attached hydrogens (primary N) is 1. The highest BCUT2D eigenvalue weighted by Gasteiger charge is 2.32. The second-order valence-electron chi connectivity index (χ2n) is 10.3. The van der Waals surface area contributed by atoms with Gasteiger partial charge >= 0.3 is 11.9 Å². The van der Waals surface area contributed by atoms with Gasteiger partial charge in [0.1, 0.15) is 23.9 Å². The maximum absolute atomic E-state index is 13.4. The number of carboxylic acids is 2. The molecule has 1 aromatic heterocycles. The molecule has 3 aromatic rings. The quantitative estimate of drug-likeness (QED) is 0.134. The predicted molar refractivity (Wildman–Crippen MR) is 152 cm³/mol. The van der Waals surface area contributed by atoms with Crippen molar-refractivity contribution in [3.05, 3.63) is 65.9 Å². The monoisotopic (exact) mass is 581 g/mol. The zero-order valence-corrected chi connectivity index (χ0v) is 23.2. The maximum Gasteiger partial charge on any atom is 0.326 e. The average Bonchev–Trinajstić information content (AvgIpc) is 3.34. The van der Waals surface area contributed by atoms with Crippen LogP contribution in [0.1, 0.15) is 31.4 Å². The number of carbonyl (C=O) groups excluding carboxylic acids is 3. The number of benzene rings is 2. The fourth-order valence-corrected chi connectivity index (χ4v) is 4.30. The Labute approximate surface area is 241 Å². The fourth-order valence-electron chi connectivity index (χ4n) is 4.30. The largest absolute Gasteiger partial charge is 0.508 e. The van der Waals surface area contributed by atoms with Crippen molar-refractivity contribution in [3.8, 4) is 5.75 Å². The van der Waals surface area contributed by atoms with Gasteiger partial charge in [0.2, 0.25) is 17.7 Å². The van der Waals surface area contributed by atoms with Crippen LogP contribution in [0.3, 0.4) is 0 Å². The molecule has 1 heterocycles. The van der Waals surface area contributed by atoms with E-state index < -0.39 is 60.2 Å². The minimum absolute atomic E-state index is 0.00979. The number of para-hydroxylation sites is 1. The van der Waals surface area contributed by atoms with E-state index in [1.807, 2.05) is 12.1 Å². The zero-order chi connectivity index (χ0) is 31.0. The Morgan fingerprint density at radius 1 is 0.810 bits per heavy atom. The molecular weight excluding hydrogens is 546 g/mol. The van der Waals surface area contributed by atoms with Crippen LogP contribution in [0.4, 0.5) is 0 Å². The van der Waals surface area contributed by atoms with Crippen molar-refractivity contribution in [3.63, 3.8) is 0 Å². The number of hydrogen-bond acceptors (Lipinski definition) is 7. The topological polar surface area (TPSA) is 224 Å². The summed E-state index contributed by atoms with van der Waals surface area (Å²) in [5, 5.41) is 36.8. The number of rotatable bonds is 14. The Balaban J connectivity index is 1.80. The van der Waals surface area contributed by atoms with Crippen molar-refractivity contribution in [2.45, 2.75) is 57.3 Å². The van der Waals surface area contributed by atoms with E-state index in [4.69, 9.17) is 5.73 Å². The molecule has 0 aliphatic carbocycles. The summed E-state index contributed by atoms with van der Waals surface area (Å²) in [7, 11) is 0. The van der Waals surface area contributed by atoms with E-state index >= 15 is 0 Å². The number of aromatic amines is 1. The minimum atomic E-state index is -1.65. The van der Waals surface area contributed by atoms with Crippen LogP contribution < -0.4 is 21.7 Å². The Morgan fingerprint density at radius 3 is 2.02 bits per heavy atom. The smallest absolute Gasteiger partial charge is 0.326 e. The highest BCUT2D eigenvalue weighted by atomic mass is 16.4. The first kappa shape index (κ1) is 31.6. The van der Waals surface area contributed by atoms with Gasteiger partial charge in [-0.25, -0.2) is 4.79 Å². The Bertz CT molecular complexity index is 1440. The number of amides is 3. The summed E-state index contributed by atoms with van der Waals surface area (Å²) in [6, 6.07) is 7.77. The molecule has 0 bridgehead atoms. The first-order chi connectivity index (χ1) is 19.8. The molecule has 0 aliphatic heterocycles. The number of phenolic OH excluding ortho intramolecular Hbond substituents is 1. The maximum atomic E-state index is 13.4. The molecule has 4 unspecified atom stereocenters. The molecule has 13 heteroatoms. The minimum Gasteiger partial charge on any atom is -0.508 e. The summed E-state index contributed by atoms with van der Waals surface area (Å²) >= 11 is 0. The van der Waals surface area contributed by atoms with E-state index in [0.29, 0.717) is 11.1 Å². The summed E-state index contributed by atoms with van der Waals surface area (Å²) < 4.78 is 0. The number of aliphatic carboxylic acids is 2. The Hall–Kier alpha value is -4.91. The first-order valence-electron chi connectivity index (χ1n) is 13.3. The molecule has 0 saturated carbocycles. The van der Waals surface area contributed by atoms with Crippen molar-refractivity contribution in [1.29, 1.82) is 0 Å². The van der Waals surface area contributed by atoms with E-state index in [1.165, 1.54) is 24.3 Å². The normalized spacial score (nSPS) is 14.0. The third-order valence-corrected chi connectivity index (χ3v) is 6.76. The van der Waals surface area contributed by atoms with Crippen LogP contribution in [0.15, 0.2) is 54.7 Å². The van der Waals surface area contributed by atoms with Crippen LogP contribution in [0, 0.1) is 5.92 Å². The standard InChI is InChI=1S/C29H35N5O8/c1-15(2)25(30)28(40)33-21(11-16-7-9-18(35)10-8-16)26(38)32-22(13-24(36)37)27(39)34-23(29(41)42)12-17-14-31-20-6-4-3-5-19(17)20/h3-10,14-15,21-23,25,31,35H,11-13,30H2,1-2H3,(H,32,38)(H,33,40)(H,34,39)(H,36,37)(H,41,42). The molecule has 0 aliphatic rings. The molecule has 42 heavy (non-hydrogen) atoms. The Kier molecular flexibility index (Phi) is 10.6. The molecule has 13 nitrogen and oxygen atoms in total. The fraction of sp³-hybridized carbons (Fsp3) is 0.345. The van der Waals surface area contributed by atoms with Gasteiger partial charge in [0.25, 0.3) is 0 Å². The van der Waals surface area contributed by atoms with Gasteiger partial charge in [-0.2, -0.15) is 0 Å². The molecule has 3 amide bonds. The van der Waals surface area contributed by atoms with E-state index in [9.17, 15) is 39.3 Å². The molecule has 3 rings (SSSR count). The lowest BCUT2D eigenvalue weighted by molar-refractivity contribution is -0.143. The molecule has 9 N–H and O–H groups in total. The number of H-pyrrole nitrogens is 1. The third kappa shape index (κ3) is 8.54. The van der Waals surface area contributed by atoms with E-state index in [2.05, 4.69) is 20.9 Å². The third-order valence-electron chi connectivity index (χ3n) is 6.76. The van der Waals surface area contributed by atoms with Crippen LogP contribution in [0.5, 0.6) is 5.75 Å². The lowest BCUT2D eigenvalue weighted by Gasteiger charge is -2.25. The van der Waals surface area contributed by atoms with E-state index in [-0.39, 0.29) is 24.5 Å². The van der Waals surface area contributed by atoms with Gasteiger partial charge in [-0.1, -0.05) is 44.2 Å². The molecule has 2 aromatic carbocycles. The van der Waals surface area contributed by atoms with Crippen LogP contribution in [-0.4, -0.2) is 74.1 Å². The number of aromatic hydroxyl groups is 1. The summed E-state index contributed by atoms with van der Waals surface area (Å²) in [6.45, 7) is 3.45. The predicted octanol–water partition coefficient (Wildman–Crippen LogP) is 0.656. The molecule has 0 radical (unpaired) electrons. The van der Waals surface area contributed by atoms with Gasteiger partial charge < -0.3 is 42.0 Å². The number of nitrogens with one attached hydrogen (secondary N) is 4. The highest BCUT2D eigenvalue weighted by molar-refractivity contribution is 5.96. The number of phenols is 1. The van der Waals surface area contributed by atoms with Crippen molar-refractivity contribution in [2.24, 2.45) is 11.7 Å². The molecule has 0 fully saturated rings. The second kappa shape index (κ2) is 14.1. The van der Waals surface area contributed by atoms with Crippen molar-refractivity contribution >= 4 is 40.6 Å². The summed E-state index contributed by atoms with van der Waals surface area (Å²) in [6.07, 6.45) is 0.609. The molecule has 4 atom stereocenters. The second-order valence-corrected chi connectivity index (χ2v) is 10.3. The highest BCUT2D eigenvalue weighted by Crippen LogP contribution is 2.19. The van der Waals surface area contributed by atoms with Gasteiger partial charge in [-0.05, 0) is 35.2 Å². The first-order valence-corrected chi connectivity index (χ1v) is 13.3.